The lowest BCUT2D eigenvalue weighted by atomic mass is 9.93. The highest BCUT2D eigenvalue weighted by molar-refractivity contribution is 5.25. The van der Waals surface area contributed by atoms with Crippen LogP contribution in [-0.2, 0) is 13.1 Å². The van der Waals surface area contributed by atoms with E-state index in [2.05, 4.69) is 24.1 Å². The van der Waals surface area contributed by atoms with E-state index in [-0.39, 0.29) is 5.82 Å². The molecule has 20 heavy (non-hydrogen) atoms. The largest absolute Gasteiger partial charge is 0.310 e. The second kappa shape index (κ2) is 5.45. The summed E-state index contributed by atoms with van der Waals surface area (Å²) in [6.45, 7) is 8.34. The van der Waals surface area contributed by atoms with Crippen LogP contribution in [0.25, 0.3) is 0 Å². The summed E-state index contributed by atoms with van der Waals surface area (Å²) >= 11 is 0. The molecular weight excluding hydrogens is 251 g/mol. The van der Waals surface area contributed by atoms with E-state index in [0.717, 1.165) is 31.7 Å². The lowest BCUT2D eigenvalue weighted by molar-refractivity contribution is 0.281. The quantitative estimate of drug-likeness (QED) is 0.887. The van der Waals surface area contributed by atoms with Crippen molar-refractivity contribution in [3.8, 4) is 0 Å². The molecule has 0 spiro atoms. The number of nitrogens with one attached hydrogen (secondary N) is 1. The highest BCUT2D eigenvalue weighted by Crippen LogP contribution is 2.30. The molecule has 0 radical (unpaired) electrons. The SMILES string of the molecule is CC1(C)CCN(Cc2cc(CNC3CC3)ccc2F)C1. The minimum absolute atomic E-state index is 0.0649. The van der Waals surface area contributed by atoms with E-state index in [4.69, 9.17) is 0 Å². The van der Waals surface area contributed by atoms with Gasteiger partial charge in [-0.3, -0.25) is 4.90 Å². The number of benzene rings is 1. The van der Waals surface area contributed by atoms with Gasteiger partial charge in [-0.25, -0.2) is 4.39 Å². The number of hydrogen-bond acceptors (Lipinski definition) is 2. The topological polar surface area (TPSA) is 15.3 Å². The van der Waals surface area contributed by atoms with Crippen molar-refractivity contribution in [2.24, 2.45) is 5.41 Å². The Morgan fingerprint density at radius 2 is 2.15 bits per heavy atom. The smallest absolute Gasteiger partial charge is 0.127 e. The van der Waals surface area contributed by atoms with Crippen LogP contribution in [0.4, 0.5) is 4.39 Å². The van der Waals surface area contributed by atoms with Crippen LogP contribution in [0.15, 0.2) is 18.2 Å². The van der Waals surface area contributed by atoms with Crippen molar-refractivity contribution in [1.29, 1.82) is 0 Å². The second-order valence-electron chi connectivity index (χ2n) is 7.21. The molecule has 1 N–H and O–H groups in total. The lowest BCUT2D eigenvalue weighted by Gasteiger charge is -2.20. The molecule has 1 saturated heterocycles. The average molecular weight is 276 g/mol. The van der Waals surface area contributed by atoms with Gasteiger partial charge in [-0.15, -0.1) is 0 Å². The molecule has 1 aromatic carbocycles. The fraction of sp³-hybridized carbons (Fsp3) is 0.647. The minimum atomic E-state index is -0.0649. The van der Waals surface area contributed by atoms with Crippen molar-refractivity contribution in [2.45, 2.75) is 52.2 Å². The van der Waals surface area contributed by atoms with Gasteiger partial charge in [0.25, 0.3) is 0 Å². The molecule has 2 nitrogen and oxygen atoms in total. The van der Waals surface area contributed by atoms with Crippen LogP contribution in [0.2, 0.25) is 0 Å². The Kier molecular flexibility index (Phi) is 3.83. The zero-order valence-electron chi connectivity index (χ0n) is 12.6. The molecule has 0 amide bonds. The predicted molar refractivity (Wildman–Crippen MR) is 79.9 cm³/mol. The highest BCUT2D eigenvalue weighted by atomic mass is 19.1. The van der Waals surface area contributed by atoms with Crippen LogP contribution < -0.4 is 5.32 Å². The van der Waals surface area contributed by atoms with Crippen molar-refractivity contribution in [2.75, 3.05) is 13.1 Å². The molecule has 1 saturated carbocycles. The zero-order chi connectivity index (χ0) is 14.2. The molecule has 2 aliphatic rings. The molecule has 3 heteroatoms. The van der Waals surface area contributed by atoms with Gasteiger partial charge in [0.15, 0.2) is 0 Å². The standard InChI is InChI=1S/C17H25FN2/c1-17(2)7-8-20(12-17)11-14-9-13(3-6-16(14)18)10-19-15-4-5-15/h3,6,9,15,19H,4-5,7-8,10-12H2,1-2H3. The third kappa shape index (κ3) is 3.58. The molecule has 1 aliphatic heterocycles. The molecule has 3 rings (SSSR count). The maximum absolute atomic E-state index is 14.0. The summed E-state index contributed by atoms with van der Waals surface area (Å²) in [5.41, 5.74) is 2.42. The van der Waals surface area contributed by atoms with E-state index in [9.17, 15) is 4.39 Å². The summed E-state index contributed by atoms with van der Waals surface area (Å²) in [7, 11) is 0. The molecule has 2 fully saturated rings. The van der Waals surface area contributed by atoms with E-state index in [1.807, 2.05) is 12.1 Å². The van der Waals surface area contributed by atoms with Gasteiger partial charge in [-0.2, -0.15) is 0 Å². The fourth-order valence-corrected chi connectivity index (χ4v) is 3.01. The second-order valence-corrected chi connectivity index (χ2v) is 7.21. The van der Waals surface area contributed by atoms with E-state index in [1.54, 1.807) is 6.07 Å². The first-order valence-corrected chi connectivity index (χ1v) is 7.75. The molecule has 110 valence electrons. The summed E-state index contributed by atoms with van der Waals surface area (Å²) in [5, 5.41) is 3.49. The van der Waals surface area contributed by atoms with Crippen molar-refractivity contribution < 1.29 is 4.39 Å². The number of nitrogens with zero attached hydrogens (tertiary/aromatic N) is 1. The Balaban J connectivity index is 1.63. The van der Waals surface area contributed by atoms with Gasteiger partial charge in [0.05, 0.1) is 0 Å². The van der Waals surface area contributed by atoms with Crippen molar-refractivity contribution in [1.82, 2.24) is 10.2 Å². The Bertz CT molecular complexity index is 480. The molecule has 0 atom stereocenters. The zero-order valence-corrected chi connectivity index (χ0v) is 12.6. The van der Waals surface area contributed by atoms with E-state index < -0.39 is 0 Å². The van der Waals surface area contributed by atoms with Crippen LogP contribution in [0.1, 0.15) is 44.2 Å². The highest BCUT2D eigenvalue weighted by Gasteiger charge is 2.29. The molecule has 0 unspecified atom stereocenters. The molecule has 1 aromatic rings. The summed E-state index contributed by atoms with van der Waals surface area (Å²) in [6, 6.07) is 6.27. The lowest BCUT2D eigenvalue weighted by Crippen LogP contribution is -2.23. The molecule has 0 bridgehead atoms. The first-order chi connectivity index (χ1) is 9.52. The Hall–Kier alpha value is -0.930. The summed E-state index contributed by atoms with van der Waals surface area (Å²) in [5.74, 6) is -0.0649. The van der Waals surface area contributed by atoms with Crippen molar-refractivity contribution in [3.05, 3.63) is 35.1 Å². The summed E-state index contributed by atoms with van der Waals surface area (Å²) < 4.78 is 14.0. The number of halogens is 1. The molecule has 1 aliphatic carbocycles. The number of hydrogen-bond donors (Lipinski definition) is 1. The first kappa shape index (κ1) is 14.0. The summed E-state index contributed by atoms with van der Waals surface area (Å²) in [4.78, 5) is 2.37. The van der Waals surface area contributed by atoms with Crippen LogP contribution in [0.3, 0.4) is 0 Å². The third-order valence-electron chi connectivity index (χ3n) is 4.43. The maximum atomic E-state index is 14.0. The normalized spacial score (nSPS) is 22.4. The summed E-state index contributed by atoms with van der Waals surface area (Å²) in [6.07, 6.45) is 3.78. The van der Waals surface area contributed by atoms with Crippen LogP contribution in [0, 0.1) is 11.2 Å². The van der Waals surface area contributed by atoms with Crippen molar-refractivity contribution in [3.63, 3.8) is 0 Å². The van der Waals surface area contributed by atoms with Gasteiger partial charge >= 0.3 is 0 Å². The Morgan fingerprint density at radius 3 is 2.80 bits per heavy atom. The van der Waals surface area contributed by atoms with E-state index in [1.165, 1.54) is 24.8 Å². The van der Waals surface area contributed by atoms with Gasteiger partial charge in [0.1, 0.15) is 5.82 Å². The molecular formula is C17H25FN2. The fourth-order valence-electron chi connectivity index (χ4n) is 3.01. The predicted octanol–water partition coefficient (Wildman–Crippen LogP) is 3.31. The van der Waals surface area contributed by atoms with E-state index >= 15 is 0 Å². The van der Waals surface area contributed by atoms with Gasteiger partial charge in [-0.05, 0) is 42.9 Å². The van der Waals surface area contributed by atoms with Crippen LogP contribution >= 0.6 is 0 Å². The van der Waals surface area contributed by atoms with Gasteiger partial charge in [0.2, 0.25) is 0 Å². The molecule has 1 heterocycles. The Labute approximate surface area is 121 Å². The van der Waals surface area contributed by atoms with Crippen LogP contribution in [-0.4, -0.2) is 24.0 Å². The monoisotopic (exact) mass is 276 g/mol. The molecule has 0 aromatic heterocycles. The first-order valence-electron chi connectivity index (χ1n) is 7.75. The number of rotatable bonds is 5. The minimum Gasteiger partial charge on any atom is -0.310 e. The average Bonchev–Trinajstić information content (AvgIpc) is 3.15. The number of likely N-dealkylation sites (tertiary alicyclic amines) is 1. The Morgan fingerprint density at radius 1 is 1.35 bits per heavy atom. The van der Waals surface area contributed by atoms with Gasteiger partial charge < -0.3 is 5.32 Å². The maximum Gasteiger partial charge on any atom is 0.127 e. The van der Waals surface area contributed by atoms with Crippen molar-refractivity contribution >= 4 is 0 Å². The van der Waals surface area contributed by atoms with Gasteiger partial charge in [0, 0.05) is 31.2 Å². The van der Waals surface area contributed by atoms with Gasteiger partial charge in [-0.1, -0.05) is 26.0 Å². The van der Waals surface area contributed by atoms with E-state index in [0.29, 0.717) is 11.5 Å². The van der Waals surface area contributed by atoms with Crippen LogP contribution in [0.5, 0.6) is 0 Å². The third-order valence-corrected chi connectivity index (χ3v) is 4.43.